The Kier molecular flexibility index (Phi) is 4.65. The van der Waals surface area contributed by atoms with Gasteiger partial charge in [-0.2, -0.15) is 0 Å². The molecular formula is C16H30N2O2. The fraction of sp³-hybridized carbons (Fsp3) is 1.00. The van der Waals surface area contributed by atoms with Crippen LogP contribution in [0.15, 0.2) is 0 Å². The Morgan fingerprint density at radius 1 is 1.25 bits per heavy atom. The quantitative estimate of drug-likeness (QED) is 0.772. The fourth-order valence-electron chi connectivity index (χ4n) is 4.29. The van der Waals surface area contributed by atoms with Gasteiger partial charge in [-0.1, -0.05) is 19.8 Å². The van der Waals surface area contributed by atoms with Crippen LogP contribution in [0.25, 0.3) is 0 Å². The minimum absolute atomic E-state index is 0.0753. The van der Waals surface area contributed by atoms with Crippen molar-refractivity contribution in [1.29, 1.82) is 0 Å². The number of rotatable bonds is 6. The van der Waals surface area contributed by atoms with Crippen LogP contribution < -0.4 is 5.32 Å². The van der Waals surface area contributed by atoms with Crippen molar-refractivity contribution in [3.8, 4) is 0 Å². The van der Waals surface area contributed by atoms with E-state index in [-0.39, 0.29) is 12.1 Å². The predicted molar refractivity (Wildman–Crippen MR) is 79.8 cm³/mol. The van der Waals surface area contributed by atoms with Crippen molar-refractivity contribution in [2.45, 2.75) is 63.1 Å². The van der Waals surface area contributed by atoms with E-state index in [2.05, 4.69) is 17.1 Å². The largest absolute Gasteiger partial charge is 0.394 e. The van der Waals surface area contributed by atoms with E-state index >= 15 is 0 Å². The van der Waals surface area contributed by atoms with Crippen molar-refractivity contribution in [1.82, 2.24) is 10.2 Å². The van der Waals surface area contributed by atoms with Crippen LogP contribution in [0.1, 0.15) is 45.4 Å². The van der Waals surface area contributed by atoms with Crippen LogP contribution in [0.5, 0.6) is 0 Å². The van der Waals surface area contributed by atoms with Gasteiger partial charge in [-0.25, -0.2) is 0 Å². The van der Waals surface area contributed by atoms with E-state index in [4.69, 9.17) is 4.74 Å². The lowest BCUT2D eigenvalue weighted by molar-refractivity contribution is -0.0988. The number of likely N-dealkylation sites (N-methyl/N-ethyl adjacent to an activating group) is 1. The molecule has 3 unspecified atom stereocenters. The molecule has 20 heavy (non-hydrogen) atoms. The molecule has 0 bridgehead atoms. The van der Waals surface area contributed by atoms with E-state index in [9.17, 15) is 5.11 Å². The molecule has 0 radical (unpaired) electrons. The molecule has 2 N–H and O–H groups in total. The Morgan fingerprint density at radius 2 is 2.05 bits per heavy atom. The van der Waals surface area contributed by atoms with E-state index in [1.165, 1.54) is 38.5 Å². The van der Waals surface area contributed by atoms with Crippen LogP contribution in [-0.2, 0) is 4.74 Å². The Hall–Kier alpha value is -0.160. The second kappa shape index (κ2) is 6.30. The number of hydrogen-bond donors (Lipinski definition) is 2. The zero-order chi connectivity index (χ0) is 14.0. The van der Waals surface area contributed by atoms with E-state index in [1.54, 1.807) is 0 Å². The van der Waals surface area contributed by atoms with Crippen LogP contribution >= 0.6 is 0 Å². The van der Waals surface area contributed by atoms with E-state index in [1.807, 2.05) is 0 Å². The Morgan fingerprint density at radius 3 is 2.75 bits per heavy atom. The van der Waals surface area contributed by atoms with Crippen molar-refractivity contribution >= 4 is 0 Å². The molecule has 0 aromatic carbocycles. The molecular weight excluding hydrogens is 252 g/mol. The average molecular weight is 282 g/mol. The molecule has 116 valence electrons. The number of ether oxygens (including phenoxy) is 1. The topological polar surface area (TPSA) is 44.7 Å². The predicted octanol–water partition coefficient (Wildman–Crippen LogP) is 1.38. The van der Waals surface area contributed by atoms with Gasteiger partial charge >= 0.3 is 0 Å². The Balaban J connectivity index is 1.70. The average Bonchev–Trinajstić information content (AvgIpc) is 3.32. The molecule has 0 amide bonds. The summed E-state index contributed by atoms with van der Waals surface area (Å²) in [6.07, 6.45) is 8.11. The Bertz CT molecular complexity index is 320. The van der Waals surface area contributed by atoms with Gasteiger partial charge < -0.3 is 15.2 Å². The summed E-state index contributed by atoms with van der Waals surface area (Å²) >= 11 is 0. The molecule has 0 aromatic rings. The molecule has 4 nitrogen and oxygen atoms in total. The molecule has 4 heteroatoms. The van der Waals surface area contributed by atoms with Crippen molar-refractivity contribution in [3.63, 3.8) is 0 Å². The monoisotopic (exact) mass is 282 g/mol. The molecule has 3 atom stereocenters. The third kappa shape index (κ3) is 2.89. The van der Waals surface area contributed by atoms with Gasteiger partial charge in [0.25, 0.3) is 0 Å². The van der Waals surface area contributed by atoms with Crippen LogP contribution in [-0.4, -0.2) is 60.5 Å². The van der Waals surface area contributed by atoms with Crippen molar-refractivity contribution in [3.05, 3.63) is 0 Å². The number of nitrogens with one attached hydrogen (secondary N) is 1. The van der Waals surface area contributed by atoms with Gasteiger partial charge in [-0.05, 0) is 38.1 Å². The van der Waals surface area contributed by atoms with Gasteiger partial charge in [0.2, 0.25) is 0 Å². The highest BCUT2D eigenvalue weighted by Gasteiger charge is 2.47. The van der Waals surface area contributed by atoms with E-state index in [0.717, 1.165) is 26.2 Å². The highest BCUT2D eigenvalue weighted by atomic mass is 16.5. The summed E-state index contributed by atoms with van der Waals surface area (Å²) in [5.41, 5.74) is -0.0753. The minimum atomic E-state index is -0.0753. The van der Waals surface area contributed by atoms with Gasteiger partial charge in [0.15, 0.2) is 0 Å². The zero-order valence-electron chi connectivity index (χ0n) is 12.8. The zero-order valence-corrected chi connectivity index (χ0v) is 12.8. The summed E-state index contributed by atoms with van der Waals surface area (Å²) < 4.78 is 5.97. The van der Waals surface area contributed by atoms with Gasteiger partial charge in [-0.15, -0.1) is 0 Å². The fourth-order valence-corrected chi connectivity index (χ4v) is 4.29. The van der Waals surface area contributed by atoms with E-state index < -0.39 is 0 Å². The van der Waals surface area contributed by atoms with E-state index in [0.29, 0.717) is 18.1 Å². The number of aliphatic hydroxyl groups is 1. The summed E-state index contributed by atoms with van der Waals surface area (Å²) in [7, 11) is 0. The summed E-state index contributed by atoms with van der Waals surface area (Å²) in [5, 5.41) is 13.6. The molecule has 1 aliphatic heterocycles. The lowest BCUT2D eigenvalue weighted by Gasteiger charge is -2.48. The molecule has 0 aromatic heterocycles. The summed E-state index contributed by atoms with van der Waals surface area (Å²) in [5.74, 6) is 0.664. The number of aliphatic hydroxyl groups excluding tert-OH is 1. The van der Waals surface area contributed by atoms with Crippen LogP contribution in [0.4, 0.5) is 0 Å². The maximum absolute atomic E-state index is 10.0. The molecule has 0 spiro atoms. The van der Waals surface area contributed by atoms with Crippen molar-refractivity contribution in [2.24, 2.45) is 5.92 Å². The number of hydrogen-bond acceptors (Lipinski definition) is 4. The molecule has 1 saturated heterocycles. The molecule has 3 fully saturated rings. The van der Waals surface area contributed by atoms with Gasteiger partial charge in [0.05, 0.1) is 24.9 Å². The highest BCUT2D eigenvalue weighted by Crippen LogP contribution is 2.41. The molecule has 1 heterocycles. The Labute approximate surface area is 122 Å². The van der Waals surface area contributed by atoms with Crippen LogP contribution in [0.3, 0.4) is 0 Å². The van der Waals surface area contributed by atoms with Crippen LogP contribution in [0, 0.1) is 5.92 Å². The maximum atomic E-state index is 10.0. The third-order valence-electron chi connectivity index (χ3n) is 5.50. The first-order chi connectivity index (χ1) is 9.79. The minimum Gasteiger partial charge on any atom is -0.394 e. The molecule has 3 rings (SSSR count). The summed E-state index contributed by atoms with van der Waals surface area (Å²) in [6.45, 7) is 6.23. The third-order valence-corrected chi connectivity index (χ3v) is 5.50. The van der Waals surface area contributed by atoms with Crippen molar-refractivity contribution in [2.75, 3.05) is 32.8 Å². The van der Waals surface area contributed by atoms with Gasteiger partial charge in [-0.3, -0.25) is 4.90 Å². The number of fused-ring (bicyclic) bond motifs is 1. The smallest absolute Gasteiger partial charge is 0.0730 e. The van der Waals surface area contributed by atoms with Crippen LogP contribution in [0.2, 0.25) is 0 Å². The molecule has 2 saturated carbocycles. The molecule has 3 aliphatic rings. The standard InChI is InChI=1S/C16H30N2O2/c1-2-17-16(12-19,13-7-8-13)11-18-9-10-20-15-6-4-3-5-14(15)18/h13-15,17,19H,2-12H2,1H3. The molecule has 2 aliphatic carbocycles. The number of nitrogens with zero attached hydrogens (tertiary/aromatic N) is 1. The lowest BCUT2D eigenvalue weighted by Crippen LogP contribution is -2.63. The highest BCUT2D eigenvalue weighted by molar-refractivity contribution is 5.04. The normalized spacial score (nSPS) is 34.5. The summed E-state index contributed by atoms with van der Waals surface area (Å²) in [6, 6.07) is 0.584. The lowest BCUT2D eigenvalue weighted by atomic mass is 9.87. The second-order valence-electron chi connectivity index (χ2n) is 6.85. The SMILES string of the molecule is CCNC(CO)(CN1CCOC2CCCCC21)C1CC1. The first-order valence-electron chi connectivity index (χ1n) is 8.50. The first-order valence-corrected chi connectivity index (χ1v) is 8.50. The maximum Gasteiger partial charge on any atom is 0.0730 e. The van der Waals surface area contributed by atoms with Gasteiger partial charge in [0, 0.05) is 19.1 Å². The first kappa shape index (κ1) is 14.8. The second-order valence-corrected chi connectivity index (χ2v) is 6.85. The summed E-state index contributed by atoms with van der Waals surface area (Å²) in [4.78, 5) is 2.62. The number of morpholine rings is 1. The van der Waals surface area contributed by atoms with Gasteiger partial charge in [0.1, 0.15) is 0 Å². The van der Waals surface area contributed by atoms with Crippen molar-refractivity contribution < 1.29 is 9.84 Å².